The molecule has 7 rings (SSSR count). The van der Waals surface area contributed by atoms with E-state index in [1.165, 1.54) is 18.2 Å². The SMILES string of the molecule is CCc1nn(C)c2c1-c1c(F)ccc3c(CCCOc4cccc5cc(F)ccc45)c(C(=O)O)n(c13)Cc1ccccc1COC2. The summed E-state index contributed by atoms with van der Waals surface area (Å²) in [6, 6.07) is 21.0. The molecular weight excluding hydrogens is 588 g/mol. The number of rotatable bonds is 7. The first-order valence-corrected chi connectivity index (χ1v) is 15.4. The van der Waals surface area contributed by atoms with Crippen LogP contribution in [0.3, 0.4) is 0 Å². The maximum absolute atomic E-state index is 16.2. The average molecular weight is 622 g/mol. The Morgan fingerprint density at radius 3 is 2.59 bits per heavy atom. The van der Waals surface area contributed by atoms with E-state index in [4.69, 9.17) is 14.6 Å². The van der Waals surface area contributed by atoms with Crippen molar-refractivity contribution >= 4 is 27.6 Å². The lowest BCUT2D eigenvalue weighted by Crippen LogP contribution is -2.13. The number of ether oxygens (including phenoxy) is 2. The van der Waals surface area contributed by atoms with Crippen LogP contribution in [0.1, 0.15) is 51.9 Å². The minimum absolute atomic E-state index is 0.126. The number of aryl methyl sites for hydroxylation is 3. The zero-order valence-corrected chi connectivity index (χ0v) is 25.6. The van der Waals surface area contributed by atoms with Crippen LogP contribution < -0.4 is 4.74 Å². The quantitative estimate of drug-likeness (QED) is 0.184. The van der Waals surface area contributed by atoms with E-state index in [0.717, 1.165) is 33.3 Å². The highest BCUT2D eigenvalue weighted by Gasteiger charge is 2.30. The number of nitrogens with zero attached hydrogens (tertiary/aromatic N) is 3. The molecule has 0 amide bonds. The van der Waals surface area contributed by atoms with Crippen molar-refractivity contribution in [2.75, 3.05) is 6.61 Å². The summed E-state index contributed by atoms with van der Waals surface area (Å²) in [5.74, 6) is -1.21. The monoisotopic (exact) mass is 621 g/mol. The number of fused-ring (bicyclic) bond motifs is 4. The lowest BCUT2D eigenvalue weighted by atomic mass is 9.96. The molecule has 7 nitrogen and oxygen atoms in total. The van der Waals surface area contributed by atoms with Crippen LogP contribution in [-0.2, 0) is 44.4 Å². The van der Waals surface area contributed by atoms with Gasteiger partial charge in [0, 0.05) is 35.5 Å². The van der Waals surface area contributed by atoms with Crippen LogP contribution in [0.2, 0.25) is 0 Å². The second-order valence-corrected chi connectivity index (χ2v) is 11.6. The molecule has 0 radical (unpaired) electrons. The molecule has 3 heterocycles. The van der Waals surface area contributed by atoms with Gasteiger partial charge in [-0.2, -0.15) is 5.10 Å². The molecule has 6 aromatic rings. The van der Waals surface area contributed by atoms with Gasteiger partial charge in [0.1, 0.15) is 23.1 Å². The summed E-state index contributed by atoms with van der Waals surface area (Å²) < 4.78 is 45.8. The van der Waals surface area contributed by atoms with E-state index in [9.17, 15) is 14.3 Å². The van der Waals surface area contributed by atoms with E-state index >= 15 is 4.39 Å². The number of aromatic carboxylic acids is 1. The van der Waals surface area contributed by atoms with Gasteiger partial charge in [0.25, 0.3) is 0 Å². The predicted molar refractivity (Wildman–Crippen MR) is 172 cm³/mol. The number of carbonyl (C=O) groups is 1. The first-order chi connectivity index (χ1) is 22.4. The van der Waals surface area contributed by atoms with Crippen molar-refractivity contribution in [1.82, 2.24) is 14.3 Å². The summed E-state index contributed by atoms with van der Waals surface area (Å²) in [4.78, 5) is 13.1. The fraction of sp³-hybridized carbons (Fsp3) is 0.243. The van der Waals surface area contributed by atoms with E-state index in [-0.39, 0.29) is 24.7 Å². The zero-order valence-electron chi connectivity index (χ0n) is 25.6. The third-order valence-electron chi connectivity index (χ3n) is 8.88. The second kappa shape index (κ2) is 12.1. The summed E-state index contributed by atoms with van der Waals surface area (Å²) in [6.45, 7) is 3.05. The van der Waals surface area contributed by atoms with Crippen LogP contribution in [0.15, 0.2) is 72.8 Å². The number of hydrogen-bond donors (Lipinski definition) is 1. The standard InChI is InChI=1S/C37H33F2N3O4/c1-3-30-34-31(41(2)40-30)21-45-20-24-9-5-4-8-23(24)19-42-35-28(15-16-29(39)33(34)35)27(36(42)37(43)44)11-7-17-46-32-12-6-10-22-18-25(38)13-14-26(22)32/h4-6,8-10,12-16,18H,3,7,11,17,19-21H2,1-2H3,(H,43,44). The van der Waals surface area contributed by atoms with E-state index in [1.807, 2.05) is 56.4 Å². The molecule has 0 bridgehead atoms. The molecule has 0 aliphatic carbocycles. The van der Waals surface area contributed by atoms with Crippen molar-refractivity contribution in [2.45, 2.75) is 45.9 Å². The second-order valence-electron chi connectivity index (χ2n) is 11.6. The Labute approximate surface area is 264 Å². The topological polar surface area (TPSA) is 78.5 Å². The van der Waals surface area contributed by atoms with Crippen LogP contribution in [0, 0.1) is 11.6 Å². The Morgan fingerprint density at radius 1 is 0.978 bits per heavy atom. The Kier molecular flexibility index (Phi) is 7.78. The van der Waals surface area contributed by atoms with E-state index in [2.05, 4.69) is 0 Å². The Balaban J connectivity index is 1.36. The van der Waals surface area contributed by atoms with Crippen LogP contribution in [0.25, 0.3) is 32.8 Å². The fourth-order valence-electron chi connectivity index (χ4n) is 6.77. The Hall–Kier alpha value is -5.02. The summed E-state index contributed by atoms with van der Waals surface area (Å²) >= 11 is 0. The molecule has 46 heavy (non-hydrogen) atoms. The molecule has 1 N–H and O–H groups in total. The number of aromatic nitrogens is 3. The first-order valence-electron chi connectivity index (χ1n) is 15.4. The van der Waals surface area contributed by atoms with Crippen molar-refractivity contribution < 1.29 is 28.2 Å². The Morgan fingerprint density at radius 2 is 1.78 bits per heavy atom. The van der Waals surface area contributed by atoms with Gasteiger partial charge in [-0.1, -0.05) is 43.3 Å². The van der Waals surface area contributed by atoms with Gasteiger partial charge in [-0.3, -0.25) is 4.68 Å². The van der Waals surface area contributed by atoms with Crippen LogP contribution in [0.4, 0.5) is 8.78 Å². The van der Waals surface area contributed by atoms with Crippen molar-refractivity contribution in [3.05, 3.63) is 118 Å². The molecule has 0 atom stereocenters. The van der Waals surface area contributed by atoms with Crippen molar-refractivity contribution in [3.8, 4) is 16.9 Å². The number of halogens is 2. The molecule has 4 aromatic carbocycles. The van der Waals surface area contributed by atoms with Crippen LogP contribution >= 0.6 is 0 Å². The summed E-state index contributed by atoms with van der Waals surface area (Å²) in [6.07, 6.45) is 1.46. The van der Waals surface area contributed by atoms with Gasteiger partial charge in [-0.15, -0.1) is 0 Å². The van der Waals surface area contributed by atoms with Gasteiger partial charge < -0.3 is 19.1 Å². The molecule has 1 aliphatic rings. The fourth-order valence-corrected chi connectivity index (χ4v) is 6.77. The van der Waals surface area contributed by atoms with Gasteiger partial charge in [0.15, 0.2) is 0 Å². The third kappa shape index (κ3) is 5.10. The zero-order chi connectivity index (χ0) is 31.9. The van der Waals surface area contributed by atoms with Crippen LogP contribution in [-0.4, -0.2) is 32.0 Å². The van der Waals surface area contributed by atoms with Gasteiger partial charge in [0.2, 0.25) is 0 Å². The largest absolute Gasteiger partial charge is 0.493 e. The highest BCUT2D eigenvalue weighted by Crippen LogP contribution is 2.41. The summed E-state index contributed by atoms with van der Waals surface area (Å²) in [7, 11) is 1.83. The van der Waals surface area contributed by atoms with E-state index in [1.54, 1.807) is 21.4 Å². The highest BCUT2D eigenvalue weighted by atomic mass is 19.1. The normalized spacial score (nSPS) is 13.0. The number of hydrogen-bond acceptors (Lipinski definition) is 4. The molecule has 2 aromatic heterocycles. The number of benzene rings is 4. The van der Waals surface area contributed by atoms with E-state index in [0.29, 0.717) is 65.8 Å². The lowest BCUT2D eigenvalue weighted by molar-refractivity contribution is 0.0684. The van der Waals surface area contributed by atoms with Crippen molar-refractivity contribution in [2.24, 2.45) is 7.05 Å². The molecule has 0 spiro atoms. The van der Waals surface area contributed by atoms with Gasteiger partial charge >= 0.3 is 5.97 Å². The predicted octanol–water partition coefficient (Wildman–Crippen LogP) is 7.82. The molecule has 1 aliphatic heterocycles. The van der Waals surface area contributed by atoms with Gasteiger partial charge in [-0.25, -0.2) is 13.6 Å². The molecule has 9 heteroatoms. The smallest absolute Gasteiger partial charge is 0.352 e. The summed E-state index contributed by atoms with van der Waals surface area (Å²) in [5.41, 5.74) is 5.57. The maximum Gasteiger partial charge on any atom is 0.352 e. The number of carboxylic acids is 1. The maximum atomic E-state index is 16.2. The highest BCUT2D eigenvalue weighted by molar-refractivity contribution is 6.04. The van der Waals surface area contributed by atoms with Gasteiger partial charge in [0.05, 0.1) is 36.7 Å². The molecular formula is C37H33F2N3O4. The first kappa shape index (κ1) is 29.7. The molecule has 0 fully saturated rings. The molecule has 0 saturated carbocycles. The van der Waals surface area contributed by atoms with Crippen molar-refractivity contribution in [1.29, 1.82) is 0 Å². The minimum atomic E-state index is -1.08. The van der Waals surface area contributed by atoms with Crippen molar-refractivity contribution in [3.63, 3.8) is 0 Å². The van der Waals surface area contributed by atoms with E-state index < -0.39 is 11.8 Å². The molecule has 234 valence electrons. The van der Waals surface area contributed by atoms with Crippen LogP contribution in [0.5, 0.6) is 5.75 Å². The molecule has 0 unspecified atom stereocenters. The average Bonchev–Trinajstić information content (AvgIpc) is 3.52. The lowest BCUT2D eigenvalue weighted by Gasteiger charge is -2.15. The van der Waals surface area contributed by atoms with Gasteiger partial charge in [-0.05, 0) is 77.7 Å². The Bertz CT molecular complexity index is 2130. The minimum Gasteiger partial charge on any atom is -0.493 e. The number of carboxylic acid groups (broad SMARTS) is 1. The molecule has 0 saturated heterocycles. The summed E-state index contributed by atoms with van der Waals surface area (Å²) in [5, 5.41) is 17.6. The third-order valence-corrected chi connectivity index (χ3v) is 8.88.